The first kappa shape index (κ1) is 14.5. The summed E-state index contributed by atoms with van der Waals surface area (Å²) in [5.41, 5.74) is -2.95. The smallest absolute Gasteiger partial charge is 0.405 e. The average molecular weight is 280 g/mol. The van der Waals surface area contributed by atoms with Gasteiger partial charge in [0.15, 0.2) is 0 Å². The fraction of sp³-hybridized carbons (Fsp3) is 0.333. The molecule has 0 spiro atoms. The Morgan fingerprint density at radius 3 is 1.89 bits per heavy atom. The van der Waals surface area contributed by atoms with Crippen LogP contribution in [0.3, 0.4) is 0 Å². The second-order valence-corrected chi connectivity index (χ2v) is 3.10. The number of alkyl halides is 8. The third-order valence-corrected chi connectivity index (χ3v) is 1.80. The maximum absolute atomic E-state index is 12.4. The number of hydrogen-bond acceptors (Lipinski definition) is 1. The van der Waals surface area contributed by atoms with E-state index >= 15 is 0 Å². The molecule has 0 atom stereocenters. The van der Waals surface area contributed by atoms with Gasteiger partial charge in [0.05, 0.1) is 11.1 Å². The molecule has 18 heavy (non-hydrogen) atoms. The van der Waals surface area contributed by atoms with Gasteiger partial charge in [-0.1, -0.05) is 0 Å². The van der Waals surface area contributed by atoms with E-state index < -0.39 is 35.8 Å². The Bertz CT molecular complexity index is 420. The van der Waals surface area contributed by atoms with E-state index in [-0.39, 0.29) is 18.2 Å². The molecule has 0 radical (unpaired) electrons. The van der Waals surface area contributed by atoms with E-state index in [1.807, 2.05) is 0 Å². The summed E-state index contributed by atoms with van der Waals surface area (Å²) in [6, 6.07) is 0.358. The zero-order valence-electron chi connectivity index (χ0n) is 8.24. The van der Waals surface area contributed by atoms with Gasteiger partial charge in [-0.05, 0) is 18.2 Å². The lowest BCUT2D eigenvalue weighted by Crippen LogP contribution is -2.18. The van der Waals surface area contributed by atoms with Crippen molar-refractivity contribution in [3.63, 3.8) is 0 Å². The summed E-state index contributed by atoms with van der Waals surface area (Å²) in [5.74, 6) is -1.36. The van der Waals surface area contributed by atoms with Crippen molar-refractivity contribution in [3.05, 3.63) is 29.3 Å². The molecule has 0 aliphatic carbocycles. The summed E-state index contributed by atoms with van der Waals surface area (Å²) in [7, 11) is 0. The van der Waals surface area contributed by atoms with Crippen molar-refractivity contribution in [2.75, 3.05) is 0 Å². The lowest BCUT2D eigenvalue weighted by molar-refractivity contribution is -0.275. The fourth-order valence-electron chi connectivity index (χ4n) is 1.11. The van der Waals surface area contributed by atoms with Crippen LogP contribution in [0.5, 0.6) is 5.75 Å². The molecule has 0 unspecified atom stereocenters. The molecule has 0 N–H and O–H groups in total. The normalized spacial score (nSPS) is 12.9. The highest BCUT2D eigenvalue weighted by Gasteiger charge is 2.36. The maximum atomic E-state index is 12.4. The molecule has 1 rings (SSSR count). The summed E-state index contributed by atoms with van der Waals surface area (Å²) in [4.78, 5) is 0. The number of halogens is 8. The first-order valence-corrected chi connectivity index (χ1v) is 4.26. The molecule has 102 valence electrons. The Kier molecular flexibility index (Phi) is 3.72. The monoisotopic (exact) mass is 280 g/mol. The molecule has 0 aliphatic heterocycles. The van der Waals surface area contributed by atoms with Crippen LogP contribution >= 0.6 is 0 Å². The van der Waals surface area contributed by atoms with Crippen molar-refractivity contribution < 1.29 is 39.9 Å². The molecule has 1 nitrogen and oxygen atoms in total. The Hall–Kier alpha value is -1.54. The highest BCUT2D eigenvalue weighted by atomic mass is 19.4. The molecule has 0 saturated carbocycles. The van der Waals surface area contributed by atoms with Gasteiger partial charge in [0.1, 0.15) is 5.75 Å². The van der Waals surface area contributed by atoms with E-state index in [1.165, 1.54) is 0 Å². The first-order chi connectivity index (χ1) is 8.00. The van der Waals surface area contributed by atoms with Crippen LogP contribution in [0.1, 0.15) is 17.6 Å². The van der Waals surface area contributed by atoms with E-state index in [0.29, 0.717) is 0 Å². The van der Waals surface area contributed by atoms with Gasteiger partial charge in [0, 0.05) is 0 Å². The quantitative estimate of drug-likeness (QED) is 0.722. The summed E-state index contributed by atoms with van der Waals surface area (Å²) in [5, 5.41) is 0. The Morgan fingerprint density at radius 2 is 1.50 bits per heavy atom. The van der Waals surface area contributed by atoms with Gasteiger partial charge in [0.25, 0.3) is 6.43 Å². The molecule has 0 fully saturated rings. The van der Waals surface area contributed by atoms with Crippen LogP contribution in [0, 0.1) is 0 Å². The lowest BCUT2D eigenvalue weighted by Gasteiger charge is -2.15. The summed E-state index contributed by atoms with van der Waals surface area (Å²) < 4.78 is 100.0. The van der Waals surface area contributed by atoms with Gasteiger partial charge in [-0.25, -0.2) is 8.78 Å². The van der Waals surface area contributed by atoms with Crippen molar-refractivity contribution in [1.29, 1.82) is 0 Å². The molecule has 0 aromatic heterocycles. The number of rotatable bonds is 2. The van der Waals surface area contributed by atoms with Gasteiger partial charge in [0.2, 0.25) is 0 Å². The van der Waals surface area contributed by atoms with E-state index in [0.717, 1.165) is 0 Å². The summed E-state index contributed by atoms with van der Waals surface area (Å²) in [6.45, 7) is 0. The molecule has 0 bridgehead atoms. The van der Waals surface area contributed by atoms with E-state index in [1.54, 1.807) is 0 Å². The second-order valence-electron chi connectivity index (χ2n) is 3.10. The van der Waals surface area contributed by atoms with E-state index in [2.05, 4.69) is 4.74 Å². The van der Waals surface area contributed by atoms with Crippen LogP contribution in [-0.2, 0) is 6.18 Å². The SMILES string of the molecule is FC(F)c1cc(C(F)(F)F)ccc1OC(F)(F)F. The summed E-state index contributed by atoms with van der Waals surface area (Å²) in [6.07, 6.45) is -13.7. The zero-order chi connectivity index (χ0) is 14.1. The van der Waals surface area contributed by atoms with Gasteiger partial charge >= 0.3 is 12.5 Å². The molecular weight excluding hydrogens is 276 g/mol. The molecule has 1 aromatic carbocycles. The lowest BCUT2D eigenvalue weighted by atomic mass is 10.1. The number of ether oxygens (including phenoxy) is 1. The van der Waals surface area contributed by atoms with Crippen molar-refractivity contribution in [2.24, 2.45) is 0 Å². The second kappa shape index (κ2) is 4.62. The highest BCUT2D eigenvalue weighted by molar-refractivity contribution is 5.39. The van der Waals surface area contributed by atoms with Gasteiger partial charge in [-0.3, -0.25) is 0 Å². The third kappa shape index (κ3) is 3.74. The van der Waals surface area contributed by atoms with Gasteiger partial charge in [-0.15, -0.1) is 13.2 Å². The Labute approximate surface area is 95.0 Å². The van der Waals surface area contributed by atoms with Crippen LogP contribution < -0.4 is 4.74 Å². The van der Waals surface area contributed by atoms with E-state index in [4.69, 9.17) is 0 Å². The first-order valence-electron chi connectivity index (χ1n) is 4.26. The van der Waals surface area contributed by atoms with Gasteiger partial charge < -0.3 is 4.74 Å². The predicted octanol–water partition coefficient (Wildman–Crippen LogP) is 4.54. The molecule has 0 amide bonds. The Balaban J connectivity index is 3.21. The van der Waals surface area contributed by atoms with Crippen molar-refractivity contribution in [3.8, 4) is 5.75 Å². The third-order valence-electron chi connectivity index (χ3n) is 1.80. The van der Waals surface area contributed by atoms with Crippen molar-refractivity contribution in [2.45, 2.75) is 19.0 Å². The van der Waals surface area contributed by atoms with Crippen LogP contribution in [0.15, 0.2) is 18.2 Å². The minimum atomic E-state index is -5.26. The number of hydrogen-bond donors (Lipinski definition) is 0. The standard InChI is InChI=1S/C9H4F8O/c10-7(11)5-3-4(8(12,13)14)1-2-6(5)18-9(15,16)17/h1-3,7H. The molecule has 0 saturated heterocycles. The predicted molar refractivity (Wildman–Crippen MR) is 43.1 cm³/mol. The topological polar surface area (TPSA) is 9.23 Å². The average Bonchev–Trinajstić information content (AvgIpc) is 2.13. The largest absolute Gasteiger partial charge is 0.573 e. The Morgan fingerprint density at radius 1 is 0.944 bits per heavy atom. The number of benzene rings is 1. The van der Waals surface area contributed by atoms with Crippen LogP contribution in [0.2, 0.25) is 0 Å². The molecular formula is C9H4F8O. The molecule has 0 aliphatic rings. The minimum absolute atomic E-state index is 0.0776. The molecule has 0 heterocycles. The van der Waals surface area contributed by atoms with Crippen LogP contribution in [-0.4, -0.2) is 6.36 Å². The molecule has 1 aromatic rings. The minimum Gasteiger partial charge on any atom is -0.405 e. The van der Waals surface area contributed by atoms with Crippen molar-refractivity contribution in [1.82, 2.24) is 0 Å². The highest BCUT2D eigenvalue weighted by Crippen LogP contribution is 2.38. The summed E-state index contributed by atoms with van der Waals surface area (Å²) >= 11 is 0. The van der Waals surface area contributed by atoms with Gasteiger partial charge in [-0.2, -0.15) is 13.2 Å². The fourth-order valence-corrected chi connectivity index (χ4v) is 1.11. The zero-order valence-corrected chi connectivity index (χ0v) is 8.24. The maximum Gasteiger partial charge on any atom is 0.573 e. The van der Waals surface area contributed by atoms with Crippen molar-refractivity contribution >= 4 is 0 Å². The van der Waals surface area contributed by atoms with Crippen LogP contribution in [0.25, 0.3) is 0 Å². The molecule has 9 heteroatoms. The van der Waals surface area contributed by atoms with E-state index in [9.17, 15) is 35.1 Å². The van der Waals surface area contributed by atoms with Crippen LogP contribution in [0.4, 0.5) is 35.1 Å².